The van der Waals surface area contributed by atoms with Gasteiger partial charge in [0.25, 0.3) is 0 Å². The van der Waals surface area contributed by atoms with Crippen LogP contribution >= 0.6 is 0 Å². The lowest BCUT2D eigenvalue weighted by Gasteiger charge is -2.25. The molecule has 300 valence electrons. The van der Waals surface area contributed by atoms with Gasteiger partial charge in [-0.2, -0.15) is 0 Å². The van der Waals surface area contributed by atoms with Gasteiger partial charge in [0, 0.05) is 36.1 Å². The number of carbonyl (C=O) groups excluding carboxylic acids is 2. The minimum atomic E-state index is -0.0665. The third kappa shape index (κ3) is 7.64. The molecule has 0 bridgehead atoms. The van der Waals surface area contributed by atoms with Gasteiger partial charge in [0.2, 0.25) is 11.8 Å². The van der Waals surface area contributed by atoms with Crippen molar-refractivity contribution >= 4 is 54.9 Å². The third-order valence-electron chi connectivity index (χ3n) is 11.4. The second-order valence-corrected chi connectivity index (χ2v) is 15.0. The molecule has 0 atom stereocenters. The Morgan fingerprint density at radius 3 is 0.817 bits per heavy atom. The molecule has 9 rings (SSSR count). The average molecular weight is 795 g/mol. The van der Waals surface area contributed by atoms with E-state index < -0.39 is 0 Å². The number of hydrogen-bond acceptors (Lipinski definition) is 6. The van der Waals surface area contributed by atoms with E-state index in [4.69, 9.17) is 18.9 Å². The van der Waals surface area contributed by atoms with Crippen LogP contribution in [0.15, 0.2) is 146 Å². The molecule has 1 heterocycles. The molecule has 1 aliphatic heterocycles. The zero-order chi connectivity index (χ0) is 41.0. The van der Waals surface area contributed by atoms with Crippen LogP contribution in [-0.2, 0) is 9.59 Å². The molecule has 1 aliphatic rings. The fraction of sp³-hybridized carbons (Fsp3) is 0.192. The summed E-state index contributed by atoms with van der Waals surface area (Å²) in [5, 5.41) is 8.32. The summed E-state index contributed by atoms with van der Waals surface area (Å²) in [5.74, 6) is 2.61. The van der Waals surface area contributed by atoms with Crippen molar-refractivity contribution in [3.05, 3.63) is 146 Å². The summed E-state index contributed by atoms with van der Waals surface area (Å²) in [4.78, 5) is 29.8. The van der Waals surface area contributed by atoms with Crippen LogP contribution in [0.1, 0.15) is 13.8 Å². The van der Waals surface area contributed by atoms with E-state index in [2.05, 4.69) is 72.8 Å². The van der Waals surface area contributed by atoms with Crippen LogP contribution in [0.2, 0.25) is 0 Å². The van der Waals surface area contributed by atoms with E-state index in [1.165, 1.54) is 0 Å². The summed E-state index contributed by atoms with van der Waals surface area (Å²) in [6.45, 7) is 5.64. The second-order valence-electron chi connectivity index (χ2n) is 15.0. The first-order chi connectivity index (χ1) is 29.4. The normalized spacial score (nSPS) is 14.2. The first kappa shape index (κ1) is 38.5. The quantitative estimate of drug-likeness (QED) is 0.152. The van der Waals surface area contributed by atoms with Crippen molar-refractivity contribution in [3.63, 3.8) is 0 Å². The van der Waals surface area contributed by atoms with Gasteiger partial charge in [-0.25, -0.2) is 0 Å². The number of fused-ring (bicyclic) bond motifs is 14. The van der Waals surface area contributed by atoms with Crippen LogP contribution in [-0.4, -0.2) is 74.2 Å². The highest BCUT2D eigenvalue weighted by Crippen LogP contribution is 2.47. The van der Waals surface area contributed by atoms with Crippen molar-refractivity contribution in [3.8, 4) is 45.3 Å². The van der Waals surface area contributed by atoms with Crippen molar-refractivity contribution in [2.45, 2.75) is 13.8 Å². The Bertz CT molecular complexity index is 2510. The molecule has 8 aromatic rings. The van der Waals surface area contributed by atoms with E-state index in [0.717, 1.165) is 65.3 Å². The molecule has 8 heteroatoms. The predicted molar refractivity (Wildman–Crippen MR) is 240 cm³/mol. The highest BCUT2D eigenvalue weighted by Gasteiger charge is 2.23. The standard InChI is InChI=1S/C52H46N2O6/c1-35(55)53-27-31-57-45-23-19-37-11-3-7-15-41(37)49(45)51-43-17-9-5-13-39(43)21-25-47(51)59-33-29-54(36(2)56)30-34-60-48-26-22-40-14-6-10-18-44(40)52(48)50-42-16-8-4-12-38(42)20-24-46(50)58-32-28-53/h3-26H,27-34H2,1-2H3. The zero-order valence-corrected chi connectivity index (χ0v) is 33.9. The van der Waals surface area contributed by atoms with Crippen molar-refractivity contribution in [1.29, 1.82) is 0 Å². The largest absolute Gasteiger partial charge is 0.491 e. The third-order valence-corrected chi connectivity index (χ3v) is 11.4. The maximum atomic E-state index is 13.1. The Morgan fingerprint density at radius 1 is 0.350 bits per heavy atom. The Labute approximate surface area is 349 Å². The number of amides is 2. The molecular weight excluding hydrogens is 749 g/mol. The molecule has 0 spiro atoms. The molecule has 0 aromatic heterocycles. The van der Waals surface area contributed by atoms with Crippen molar-refractivity contribution in [2.75, 3.05) is 52.6 Å². The molecule has 0 radical (unpaired) electrons. The molecule has 0 saturated heterocycles. The van der Waals surface area contributed by atoms with Gasteiger partial charge in [0.1, 0.15) is 49.4 Å². The topological polar surface area (TPSA) is 77.5 Å². The van der Waals surface area contributed by atoms with E-state index in [1.807, 2.05) is 72.8 Å². The molecular formula is C52H46N2O6. The van der Waals surface area contributed by atoms with E-state index in [-0.39, 0.29) is 38.2 Å². The SMILES string of the molecule is CC(=O)N1CCOc2ccc3ccccc3c2-c2c(ccc3ccccc23)OCCN(C(C)=O)CCOc2ccc3ccccc3c2-c2c(ccc3ccccc23)OCC1. The van der Waals surface area contributed by atoms with Crippen molar-refractivity contribution in [1.82, 2.24) is 9.80 Å². The number of ether oxygens (including phenoxy) is 4. The number of carbonyl (C=O) groups is 2. The van der Waals surface area contributed by atoms with E-state index in [1.54, 1.807) is 23.6 Å². The lowest BCUT2D eigenvalue weighted by atomic mass is 9.92. The molecule has 60 heavy (non-hydrogen) atoms. The summed E-state index contributed by atoms with van der Waals surface area (Å²) in [7, 11) is 0. The minimum absolute atomic E-state index is 0.0665. The van der Waals surface area contributed by atoms with Crippen molar-refractivity contribution < 1.29 is 28.5 Å². The molecule has 0 aliphatic carbocycles. The van der Waals surface area contributed by atoms with Gasteiger partial charge < -0.3 is 28.7 Å². The maximum Gasteiger partial charge on any atom is 0.219 e. The fourth-order valence-corrected chi connectivity index (χ4v) is 8.44. The maximum absolute atomic E-state index is 13.1. The first-order valence-electron chi connectivity index (χ1n) is 20.5. The predicted octanol–water partition coefficient (Wildman–Crippen LogP) is 10.6. The Balaban J connectivity index is 1.14. The Kier molecular flexibility index (Phi) is 10.9. The Morgan fingerprint density at radius 2 is 0.583 bits per heavy atom. The van der Waals surface area contributed by atoms with Crippen LogP contribution in [0.25, 0.3) is 65.3 Å². The van der Waals surface area contributed by atoms with E-state index in [9.17, 15) is 9.59 Å². The average Bonchev–Trinajstić information content (AvgIpc) is 3.27. The summed E-state index contributed by atoms with van der Waals surface area (Å²) >= 11 is 0. The lowest BCUT2D eigenvalue weighted by Crippen LogP contribution is -2.36. The van der Waals surface area contributed by atoms with Gasteiger partial charge in [-0.05, 0) is 67.4 Å². The lowest BCUT2D eigenvalue weighted by molar-refractivity contribution is -0.130. The van der Waals surface area contributed by atoms with Crippen molar-refractivity contribution in [2.24, 2.45) is 0 Å². The van der Waals surface area contributed by atoms with Crippen LogP contribution < -0.4 is 18.9 Å². The number of rotatable bonds is 0. The van der Waals surface area contributed by atoms with E-state index in [0.29, 0.717) is 49.2 Å². The monoisotopic (exact) mass is 794 g/mol. The first-order valence-corrected chi connectivity index (χ1v) is 20.5. The van der Waals surface area contributed by atoms with Gasteiger partial charge in [-0.1, -0.05) is 121 Å². The summed E-state index contributed by atoms with van der Waals surface area (Å²) in [6, 6.07) is 49.3. The number of nitrogens with zero attached hydrogens (tertiary/aromatic N) is 2. The number of benzene rings is 8. The van der Waals surface area contributed by atoms with Gasteiger partial charge in [0.05, 0.1) is 26.2 Å². The number of hydrogen-bond donors (Lipinski definition) is 0. The highest BCUT2D eigenvalue weighted by atomic mass is 16.5. The molecule has 8 nitrogen and oxygen atoms in total. The van der Waals surface area contributed by atoms with E-state index >= 15 is 0 Å². The molecule has 8 aromatic carbocycles. The fourth-order valence-electron chi connectivity index (χ4n) is 8.44. The highest BCUT2D eigenvalue weighted by molar-refractivity contribution is 6.11. The Hall–Kier alpha value is -7.06. The summed E-state index contributed by atoms with van der Waals surface area (Å²) in [5.41, 5.74) is 3.64. The second kappa shape index (κ2) is 17.0. The molecule has 0 unspecified atom stereocenters. The summed E-state index contributed by atoms with van der Waals surface area (Å²) in [6.07, 6.45) is 0. The zero-order valence-electron chi connectivity index (χ0n) is 33.9. The molecule has 0 N–H and O–H groups in total. The van der Waals surface area contributed by atoms with Gasteiger partial charge in [-0.15, -0.1) is 0 Å². The minimum Gasteiger partial charge on any atom is -0.491 e. The van der Waals surface area contributed by atoms with Crippen LogP contribution in [0.4, 0.5) is 0 Å². The summed E-state index contributed by atoms with van der Waals surface area (Å²) < 4.78 is 26.7. The molecule has 0 saturated carbocycles. The van der Waals surface area contributed by atoms with Crippen LogP contribution in [0, 0.1) is 0 Å². The molecule has 2 amide bonds. The smallest absolute Gasteiger partial charge is 0.219 e. The van der Waals surface area contributed by atoms with Gasteiger partial charge in [0.15, 0.2) is 0 Å². The van der Waals surface area contributed by atoms with Crippen LogP contribution in [0.5, 0.6) is 23.0 Å². The molecule has 0 fully saturated rings. The van der Waals surface area contributed by atoms with Gasteiger partial charge >= 0.3 is 0 Å². The van der Waals surface area contributed by atoms with Gasteiger partial charge in [-0.3, -0.25) is 9.59 Å². The van der Waals surface area contributed by atoms with Crippen LogP contribution in [0.3, 0.4) is 0 Å².